The molecule has 2 rings (SSSR count). The number of benzene rings is 1. The number of fused-ring (bicyclic) bond motifs is 1. The topological polar surface area (TPSA) is 55.1 Å². The molecule has 0 atom stereocenters. The van der Waals surface area contributed by atoms with E-state index in [9.17, 15) is 4.79 Å². The highest BCUT2D eigenvalue weighted by Crippen LogP contribution is 2.13. The Morgan fingerprint density at radius 3 is 3.07 bits per heavy atom. The SMILES string of the molecule is Cc1ccc2nn(CC(=O)O)cc2c1. The van der Waals surface area contributed by atoms with E-state index in [1.165, 1.54) is 4.68 Å². The first kappa shape index (κ1) is 8.74. The minimum Gasteiger partial charge on any atom is -0.480 e. The van der Waals surface area contributed by atoms with Crippen molar-refractivity contribution in [1.29, 1.82) is 0 Å². The van der Waals surface area contributed by atoms with Gasteiger partial charge in [0.25, 0.3) is 0 Å². The van der Waals surface area contributed by atoms with Crippen LogP contribution in [-0.4, -0.2) is 20.9 Å². The summed E-state index contributed by atoms with van der Waals surface area (Å²) in [7, 11) is 0. The van der Waals surface area contributed by atoms with Crippen molar-refractivity contribution in [2.75, 3.05) is 0 Å². The molecule has 0 aliphatic carbocycles. The molecule has 0 saturated heterocycles. The maximum absolute atomic E-state index is 10.5. The van der Waals surface area contributed by atoms with Crippen LogP contribution in [0.4, 0.5) is 0 Å². The van der Waals surface area contributed by atoms with Crippen LogP contribution in [0.1, 0.15) is 5.56 Å². The van der Waals surface area contributed by atoms with Gasteiger partial charge < -0.3 is 5.11 Å². The normalized spacial score (nSPS) is 10.6. The average molecular weight is 190 g/mol. The summed E-state index contributed by atoms with van der Waals surface area (Å²) >= 11 is 0. The Kier molecular flexibility index (Phi) is 1.96. The van der Waals surface area contributed by atoms with Gasteiger partial charge in [0.1, 0.15) is 6.54 Å². The van der Waals surface area contributed by atoms with Crippen molar-refractivity contribution in [1.82, 2.24) is 9.78 Å². The van der Waals surface area contributed by atoms with Crippen molar-refractivity contribution in [3.05, 3.63) is 30.0 Å². The minimum absolute atomic E-state index is 0.0896. The predicted molar refractivity (Wildman–Crippen MR) is 52.1 cm³/mol. The average Bonchev–Trinajstić information content (AvgIpc) is 2.44. The fourth-order valence-corrected chi connectivity index (χ4v) is 1.42. The Morgan fingerprint density at radius 2 is 2.36 bits per heavy atom. The quantitative estimate of drug-likeness (QED) is 0.779. The minimum atomic E-state index is -0.880. The highest BCUT2D eigenvalue weighted by Gasteiger charge is 2.03. The Labute approximate surface area is 80.8 Å². The van der Waals surface area contributed by atoms with Gasteiger partial charge in [0.2, 0.25) is 0 Å². The zero-order valence-corrected chi connectivity index (χ0v) is 7.77. The molecule has 0 saturated carbocycles. The van der Waals surface area contributed by atoms with E-state index in [2.05, 4.69) is 5.10 Å². The zero-order valence-electron chi connectivity index (χ0n) is 7.77. The smallest absolute Gasteiger partial charge is 0.325 e. The second-order valence-corrected chi connectivity index (χ2v) is 3.28. The lowest BCUT2D eigenvalue weighted by molar-refractivity contribution is -0.137. The van der Waals surface area contributed by atoms with E-state index in [1.54, 1.807) is 6.20 Å². The molecule has 0 radical (unpaired) electrons. The van der Waals surface area contributed by atoms with Crippen molar-refractivity contribution in [2.24, 2.45) is 0 Å². The number of carbonyl (C=O) groups is 1. The maximum atomic E-state index is 10.5. The van der Waals surface area contributed by atoms with Crippen molar-refractivity contribution in [2.45, 2.75) is 13.5 Å². The standard InChI is InChI=1S/C10H10N2O2/c1-7-2-3-9-8(4-7)5-12(11-9)6-10(13)14/h2-5H,6H2,1H3,(H,13,14). The van der Waals surface area contributed by atoms with E-state index in [1.807, 2.05) is 25.1 Å². The number of carboxylic acids is 1. The Balaban J connectivity index is 2.46. The van der Waals surface area contributed by atoms with Gasteiger partial charge in [0.05, 0.1) is 5.52 Å². The summed E-state index contributed by atoms with van der Waals surface area (Å²) in [5, 5.41) is 13.7. The molecule has 72 valence electrons. The van der Waals surface area contributed by atoms with E-state index in [4.69, 9.17) is 5.11 Å². The van der Waals surface area contributed by atoms with E-state index in [0.717, 1.165) is 16.5 Å². The molecule has 0 aliphatic rings. The van der Waals surface area contributed by atoms with E-state index in [-0.39, 0.29) is 6.54 Å². The van der Waals surface area contributed by atoms with Crippen LogP contribution in [0.2, 0.25) is 0 Å². The molecule has 1 aromatic heterocycles. The molecule has 1 N–H and O–H groups in total. The number of aliphatic carboxylic acids is 1. The third-order valence-corrected chi connectivity index (χ3v) is 2.00. The second kappa shape index (κ2) is 3.14. The largest absolute Gasteiger partial charge is 0.480 e. The van der Waals surface area contributed by atoms with Crippen LogP contribution in [-0.2, 0) is 11.3 Å². The van der Waals surface area contributed by atoms with Crippen LogP contribution in [0, 0.1) is 6.92 Å². The summed E-state index contributed by atoms with van der Waals surface area (Å²) in [4.78, 5) is 10.5. The maximum Gasteiger partial charge on any atom is 0.325 e. The monoisotopic (exact) mass is 190 g/mol. The molecular weight excluding hydrogens is 180 g/mol. The van der Waals surface area contributed by atoms with Crippen LogP contribution in [0.3, 0.4) is 0 Å². The Bertz CT molecular complexity index is 488. The lowest BCUT2D eigenvalue weighted by atomic mass is 10.2. The highest BCUT2D eigenvalue weighted by molar-refractivity contribution is 5.79. The van der Waals surface area contributed by atoms with Gasteiger partial charge >= 0.3 is 5.97 Å². The van der Waals surface area contributed by atoms with Gasteiger partial charge in [-0.05, 0) is 19.1 Å². The third-order valence-electron chi connectivity index (χ3n) is 2.00. The molecule has 0 aliphatic heterocycles. The van der Waals surface area contributed by atoms with Crippen molar-refractivity contribution >= 4 is 16.9 Å². The van der Waals surface area contributed by atoms with Crippen molar-refractivity contribution in [3.8, 4) is 0 Å². The van der Waals surface area contributed by atoms with Gasteiger partial charge in [-0.3, -0.25) is 9.48 Å². The molecule has 14 heavy (non-hydrogen) atoms. The van der Waals surface area contributed by atoms with Crippen molar-refractivity contribution in [3.63, 3.8) is 0 Å². The summed E-state index contributed by atoms with van der Waals surface area (Å²) in [5.74, 6) is -0.880. The molecule has 1 heterocycles. The van der Waals surface area contributed by atoms with Gasteiger partial charge in [-0.2, -0.15) is 5.10 Å². The fraction of sp³-hybridized carbons (Fsp3) is 0.200. The first-order valence-electron chi connectivity index (χ1n) is 4.31. The number of nitrogens with zero attached hydrogens (tertiary/aromatic N) is 2. The van der Waals surface area contributed by atoms with Crippen molar-refractivity contribution < 1.29 is 9.90 Å². The van der Waals surface area contributed by atoms with Crippen LogP contribution in [0.15, 0.2) is 24.4 Å². The summed E-state index contributed by atoms with van der Waals surface area (Å²) in [6.45, 7) is 1.90. The third kappa shape index (κ3) is 1.59. The fourth-order valence-electron chi connectivity index (χ4n) is 1.42. The van der Waals surface area contributed by atoms with E-state index < -0.39 is 5.97 Å². The molecule has 2 aromatic rings. The highest BCUT2D eigenvalue weighted by atomic mass is 16.4. The first-order valence-corrected chi connectivity index (χ1v) is 4.31. The molecule has 0 fully saturated rings. The van der Waals surface area contributed by atoms with Gasteiger partial charge in [-0.1, -0.05) is 11.6 Å². The van der Waals surface area contributed by atoms with Gasteiger partial charge in [-0.25, -0.2) is 0 Å². The molecule has 4 nitrogen and oxygen atoms in total. The first-order chi connectivity index (χ1) is 6.65. The van der Waals surface area contributed by atoms with Gasteiger partial charge in [0, 0.05) is 11.6 Å². The van der Waals surface area contributed by atoms with Crippen LogP contribution in [0.5, 0.6) is 0 Å². The van der Waals surface area contributed by atoms with E-state index >= 15 is 0 Å². The Morgan fingerprint density at radius 1 is 1.57 bits per heavy atom. The summed E-state index contributed by atoms with van der Waals surface area (Å²) in [5.41, 5.74) is 1.98. The molecule has 0 bridgehead atoms. The van der Waals surface area contributed by atoms with Gasteiger partial charge in [-0.15, -0.1) is 0 Å². The zero-order chi connectivity index (χ0) is 10.1. The van der Waals surface area contributed by atoms with Gasteiger partial charge in [0.15, 0.2) is 0 Å². The van der Waals surface area contributed by atoms with Crippen LogP contribution in [0.25, 0.3) is 10.9 Å². The molecule has 1 aromatic carbocycles. The number of hydrogen-bond donors (Lipinski definition) is 1. The molecule has 0 spiro atoms. The number of hydrogen-bond acceptors (Lipinski definition) is 2. The number of carboxylic acid groups (broad SMARTS) is 1. The Hall–Kier alpha value is -1.84. The second-order valence-electron chi connectivity index (χ2n) is 3.28. The summed E-state index contributed by atoms with van der Waals surface area (Å²) in [6, 6.07) is 5.84. The lowest BCUT2D eigenvalue weighted by Gasteiger charge is -1.92. The molecule has 0 unspecified atom stereocenters. The summed E-state index contributed by atoms with van der Waals surface area (Å²) in [6.07, 6.45) is 1.75. The molecule has 4 heteroatoms. The van der Waals surface area contributed by atoms with Crippen LogP contribution >= 0.6 is 0 Å². The van der Waals surface area contributed by atoms with Crippen LogP contribution < -0.4 is 0 Å². The van der Waals surface area contributed by atoms with E-state index in [0.29, 0.717) is 0 Å². The lowest BCUT2D eigenvalue weighted by Crippen LogP contribution is -2.08. The summed E-state index contributed by atoms with van der Waals surface area (Å²) < 4.78 is 1.44. The number of rotatable bonds is 2. The number of aromatic nitrogens is 2. The molecule has 0 amide bonds. The predicted octanol–water partition coefficient (Wildman–Crippen LogP) is 1.43. The number of aryl methyl sites for hydroxylation is 1. The molecular formula is C10H10N2O2.